The Kier molecular flexibility index (Phi) is 7.48. The zero-order valence-corrected chi connectivity index (χ0v) is 19.5. The number of aliphatic carboxylic acids is 1. The number of nitrogens with zero attached hydrogens (tertiary/aromatic N) is 2. The van der Waals surface area contributed by atoms with Crippen molar-refractivity contribution in [2.45, 2.75) is 57.4 Å². The number of benzene rings is 1. The lowest BCUT2D eigenvalue weighted by Gasteiger charge is -2.39. The van der Waals surface area contributed by atoms with Gasteiger partial charge in [0, 0.05) is 16.0 Å². The zero-order valence-electron chi connectivity index (χ0n) is 18.0. The zero-order chi connectivity index (χ0) is 22.7. The van der Waals surface area contributed by atoms with E-state index >= 15 is 0 Å². The van der Waals surface area contributed by atoms with Gasteiger partial charge in [-0.2, -0.15) is 0 Å². The number of hydrogen-bond acceptors (Lipinski definition) is 5. The van der Waals surface area contributed by atoms with Crippen LogP contribution in [0.2, 0.25) is 5.02 Å². The second-order valence-corrected chi connectivity index (χ2v) is 10.1. The molecular weight excluding hydrogens is 448 g/mol. The molecule has 0 bridgehead atoms. The van der Waals surface area contributed by atoms with Crippen molar-refractivity contribution in [1.82, 2.24) is 4.98 Å². The lowest BCUT2D eigenvalue weighted by molar-refractivity contribution is -0.142. The van der Waals surface area contributed by atoms with Gasteiger partial charge in [0.25, 0.3) is 0 Å². The van der Waals surface area contributed by atoms with Gasteiger partial charge in [0.15, 0.2) is 5.13 Å². The molecule has 0 spiro atoms. The van der Waals surface area contributed by atoms with Crippen molar-refractivity contribution in [2.75, 3.05) is 11.5 Å². The normalized spacial score (nSPS) is 25.0. The average Bonchev–Trinajstić information content (AvgIpc) is 3.46. The Morgan fingerprint density at radius 1 is 1.16 bits per heavy atom. The average molecular weight is 477 g/mol. The van der Waals surface area contributed by atoms with Crippen molar-refractivity contribution in [3.05, 3.63) is 34.7 Å². The predicted octanol–water partition coefficient (Wildman–Crippen LogP) is 5.24. The number of carboxylic acid groups (broad SMARTS) is 1. The van der Waals surface area contributed by atoms with E-state index in [1.165, 1.54) is 11.3 Å². The van der Waals surface area contributed by atoms with Crippen molar-refractivity contribution >= 4 is 39.9 Å². The summed E-state index contributed by atoms with van der Waals surface area (Å²) in [5, 5.41) is 22.7. The third-order valence-electron chi connectivity index (χ3n) is 6.97. The van der Waals surface area contributed by atoms with Crippen LogP contribution in [0, 0.1) is 17.8 Å². The summed E-state index contributed by atoms with van der Waals surface area (Å²) in [6.45, 7) is -0.180. The van der Waals surface area contributed by atoms with E-state index in [0.717, 1.165) is 44.1 Å². The van der Waals surface area contributed by atoms with Gasteiger partial charge in [-0.25, -0.2) is 4.98 Å². The van der Waals surface area contributed by atoms with Crippen LogP contribution in [0.15, 0.2) is 29.6 Å². The summed E-state index contributed by atoms with van der Waals surface area (Å²) >= 11 is 7.67. The van der Waals surface area contributed by atoms with Crippen LogP contribution in [0.5, 0.6) is 0 Å². The van der Waals surface area contributed by atoms with Crippen LogP contribution in [0.1, 0.15) is 51.4 Å². The van der Waals surface area contributed by atoms with Gasteiger partial charge in [-0.05, 0) is 30.7 Å². The first-order valence-corrected chi connectivity index (χ1v) is 12.6. The third-order valence-corrected chi connectivity index (χ3v) is 8.14. The van der Waals surface area contributed by atoms with Gasteiger partial charge in [-0.3, -0.25) is 14.5 Å². The maximum absolute atomic E-state index is 13.9. The predicted molar refractivity (Wildman–Crippen MR) is 126 cm³/mol. The molecule has 4 rings (SSSR count). The van der Waals surface area contributed by atoms with Crippen LogP contribution in [0.25, 0.3) is 11.3 Å². The van der Waals surface area contributed by atoms with Crippen LogP contribution in [-0.2, 0) is 9.59 Å². The minimum atomic E-state index is -0.955. The molecule has 1 amide bonds. The van der Waals surface area contributed by atoms with Crippen molar-refractivity contribution in [2.24, 2.45) is 17.8 Å². The summed E-state index contributed by atoms with van der Waals surface area (Å²) in [7, 11) is 0. The number of aliphatic hydroxyl groups excluding tert-OH is 1. The number of aromatic nitrogens is 1. The maximum atomic E-state index is 13.9. The molecule has 0 unspecified atom stereocenters. The maximum Gasteiger partial charge on any atom is 0.304 e. The van der Waals surface area contributed by atoms with E-state index in [0.29, 0.717) is 28.2 Å². The van der Waals surface area contributed by atoms with Crippen LogP contribution < -0.4 is 4.90 Å². The Hall–Kier alpha value is -1.96. The molecule has 2 aromatic rings. The number of thiazole rings is 1. The SMILES string of the molecule is O=C(O)C[C@@H]1C(=O)N(c2nc(-c3ccccc3Cl)cs2)[C@@H](CO)CCC[C@@H]1C1CCCC1. The summed E-state index contributed by atoms with van der Waals surface area (Å²) in [5.74, 6) is -1.32. The molecule has 8 heteroatoms. The van der Waals surface area contributed by atoms with Gasteiger partial charge in [0.05, 0.1) is 30.7 Å². The summed E-state index contributed by atoms with van der Waals surface area (Å²) in [6.07, 6.45) is 6.59. The Labute approximate surface area is 197 Å². The fourth-order valence-electron chi connectivity index (χ4n) is 5.43. The molecule has 6 nitrogen and oxygen atoms in total. The molecule has 1 aromatic carbocycles. The van der Waals surface area contributed by atoms with Crippen LogP contribution in [-0.4, -0.2) is 39.7 Å². The van der Waals surface area contributed by atoms with E-state index in [1.54, 1.807) is 11.0 Å². The fourth-order valence-corrected chi connectivity index (χ4v) is 6.56. The highest BCUT2D eigenvalue weighted by Gasteiger charge is 2.42. The van der Waals surface area contributed by atoms with E-state index < -0.39 is 17.9 Å². The second-order valence-electron chi connectivity index (χ2n) is 8.88. The minimum Gasteiger partial charge on any atom is -0.481 e. The molecule has 2 heterocycles. The Balaban J connectivity index is 1.70. The first-order valence-electron chi connectivity index (χ1n) is 11.4. The van der Waals surface area contributed by atoms with Gasteiger partial charge in [-0.1, -0.05) is 61.9 Å². The Morgan fingerprint density at radius 3 is 2.59 bits per heavy atom. The third kappa shape index (κ3) is 4.85. The number of anilines is 1. The summed E-state index contributed by atoms with van der Waals surface area (Å²) in [4.78, 5) is 31.9. The minimum absolute atomic E-state index is 0.0613. The number of aliphatic hydroxyl groups is 1. The largest absolute Gasteiger partial charge is 0.481 e. The molecule has 3 atom stereocenters. The standard InChI is InChI=1S/C24H29ClN2O4S/c25-20-11-4-3-9-18(20)21-14-32-24(26-21)27-16(13-28)8-5-10-17(15-6-1-2-7-15)19(23(27)31)12-22(29)30/h3-4,9,11,14-17,19,28H,1-2,5-8,10,12-13H2,(H,29,30)/t16-,17-,19+/m1/s1. The molecule has 0 radical (unpaired) electrons. The van der Waals surface area contributed by atoms with Gasteiger partial charge in [-0.15, -0.1) is 11.3 Å². The van der Waals surface area contributed by atoms with Crippen molar-refractivity contribution in [1.29, 1.82) is 0 Å². The first-order chi connectivity index (χ1) is 15.5. The van der Waals surface area contributed by atoms with Crippen LogP contribution in [0.4, 0.5) is 5.13 Å². The van der Waals surface area contributed by atoms with Crippen molar-refractivity contribution < 1.29 is 19.8 Å². The summed E-state index contributed by atoms with van der Waals surface area (Å²) < 4.78 is 0. The van der Waals surface area contributed by atoms with Crippen LogP contribution in [0.3, 0.4) is 0 Å². The molecule has 1 aliphatic carbocycles. The summed E-state index contributed by atoms with van der Waals surface area (Å²) in [5.41, 5.74) is 1.45. The highest BCUT2D eigenvalue weighted by atomic mass is 35.5. The number of amides is 1. The second kappa shape index (κ2) is 10.3. The number of rotatable bonds is 6. The molecule has 32 heavy (non-hydrogen) atoms. The quantitative estimate of drug-likeness (QED) is 0.595. The first kappa shape index (κ1) is 23.2. The molecule has 172 valence electrons. The highest BCUT2D eigenvalue weighted by molar-refractivity contribution is 7.14. The topological polar surface area (TPSA) is 90.7 Å². The molecule has 1 aliphatic heterocycles. The number of halogens is 1. The smallest absolute Gasteiger partial charge is 0.304 e. The van der Waals surface area contributed by atoms with E-state index in [2.05, 4.69) is 0 Å². The van der Waals surface area contributed by atoms with E-state index in [-0.39, 0.29) is 24.9 Å². The van der Waals surface area contributed by atoms with Gasteiger partial charge >= 0.3 is 5.97 Å². The number of carbonyl (C=O) groups excluding carboxylic acids is 1. The van der Waals surface area contributed by atoms with Gasteiger partial charge in [0.2, 0.25) is 5.91 Å². The van der Waals surface area contributed by atoms with Gasteiger partial charge in [0.1, 0.15) is 0 Å². The number of carboxylic acids is 1. The lowest BCUT2D eigenvalue weighted by Crippen LogP contribution is -2.50. The lowest BCUT2D eigenvalue weighted by atomic mass is 9.74. The molecule has 1 aromatic heterocycles. The highest BCUT2D eigenvalue weighted by Crippen LogP contribution is 2.43. The van der Waals surface area contributed by atoms with Crippen molar-refractivity contribution in [3.63, 3.8) is 0 Å². The molecule has 1 saturated heterocycles. The van der Waals surface area contributed by atoms with Crippen molar-refractivity contribution in [3.8, 4) is 11.3 Å². The molecular formula is C24H29ClN2O4S. The Morgan fingerprint density at radius 2 is 1.91 bits per heavy atom. The molecule has 2 N–H and O–H groups in total. The Bertz CT molecular complexity index is 959. The fraction of sp³-hybridized carbons (Fsp3) is 0.542. The summed E-state index contributed by atoms with van der Waals surface area (Å²) in [6, 6.07) is 7.00. The van der Waals surface area contributed by atoms with Gasteiger partial charge < -0.3 is 10.2 Å². The molecule has 2 aliphatic rings. The van der Waals surface area contributed by atoms with E-state index in [1.807, 2.05) is 23.6 Å². The molecule has 1 saturated carbocycles. The van der Waals surface area contributed by atoms with Crippen LogP contribution >= 0.6 is 22.9 Å². The number of carbonyl (C=O) groups is 2. The van der Waals surface area contributed by atoms with E-state index in [9.17, 15) is 19.8 Å². The van der Waals surface area contributed by atoms with E-state index in [4.69, 9.17) is 16.6 Å². The number of hydrogen-bond donors (Lipinski definition) is 2. The molecule has 2 fully saturated rings. The monoisotopic (exact) mass is 476 g/mol.